The highest BCUT2D eigenvalue weighted by Gasteiger charge is 2.24. The number of nitro benzene ring substituents is 1. The maximum atomic E-state index is 10.9. The van der Waals surface area contributed by atoms with E-state index in [-0.39, 0.29) is 18.3 Å². The molecule has 104 valence electrons. The van der Waals surface area contributed by atoms with Gasteiger partial charge in [0, 0.05) is 37.1 Å². The van der Waals surface area contributed by atoms with E-state index in [9.17, 15) is 15.2 Å². The Balaban J connectivity index is 2.36. The number of anilines is 2. The fourth-order valence-corrected chi connectivity index (χ4v) is 2.16. The molecule has 2 N–H and O–H groups in total. The molecule has 0 aliphatic carbocycles. The van der Waals surface area contributed by atoms with Crippen molar-refractivity contribution in [3.05, 3.63) is 28.3 Å². The van der Waals surface area contributed by atoms with E-state index >= 15 is 0 Å². The summed E-state index contributed by atoms with van der Waals surface area (Å²) in [4.78, 5) is 12.5. The number of hydrogen-bond acceptors (Lipinski definition) is 6. The van der Waals surface area contributed by atoms with Crippen molar-refractivity contribution in [3.8, 4) is 0 Å². The number of aliphatic hydroxyl groups excluding tert-OH is 1. The van der Waals surface area contributed by atoms with Crippen LogP contribution in [0.5, 0.6) is 0 Å². The molecule has 1 fully saturated rings. The lowest BCUT2D eigenvalue weighted by Gasteiger charge is -2.36. The third-order valence-corrected chi connectivity index (χ3v) is 3.17. The first-order valence-corrected chi connectivity index (χ1v) is 6.08. The fourth-order valence-electron chi connectivity index (χ4n) is 2.16. The summed E-state index contributed by atoms with van der Waals surface area (Å²) in [7, 11) is 1.71. The Morgan fingerprint density at radius 3 is 3.00 bits per heavy atom. The van der Waals surface area contributed by atoms with E-state index in [2.05, 4.69) is 5.32 Å². The van der Waals surface area contributed by atoms with E-state index in [0.717, 1.165) is 5.69 Å². The smallest absolute Gasteiger partial charge is 0.273 e. The van der Waals surface area contributed by atoms with E-state index < -0.39 is 4.92 Å². The predicted octanol–water partition coefficient (Wildman–Crippen LogP) is 0.834. The van der Waals surface area contributed by atoms with Crippen LogP contribution in [-0.2, 0) is 4.74 Å². The molecule has 7 nitrogen and oxygen atoms in total. The number of benzene rings is 1. The van der Waals surface area contributed by atoms with Gasteiger partial charge in [-0.2, -0.15) is 0 Å². The molecule has 7 heteroatoms. The number of rotatable bonds is 4. The molecule has 0 bridgehead atoms. The van der Waals surface area contributed by atoms with E-state index in [4.69, 9.17) is 4.74 Å². The lowest BCUT2D eigenvalue weighted by Crippen LogP contribution is -2.47. The van der Waals surface area contributed by atoms with Crippen molar-refractivity contribution in [1.82, 2.24) is 0 Å². The standard InChI is InChI=1S/C12H17N3O4/c1-13-9-4-10(6-11(5-9)15(17)18)14-2-3-19-8-12(14)7-16/h4-6,12-13,16H,2-3,7-8H2,1H3. The van der Waals surface area contributed by atoms with Crippen LogP contribution in [0, 0.1) is 10.1 Å². The molecule has 1 atom stereocenters. The summed E-state index contributed by atoms with van der Waals surface area (Å²) in [6.07, 6.45) is 0. The number of hydrogen-bond donors (Lipinski definition) is 2. The molecular formula is C12H17N3O4. The largest absolute Gasteiger partial charge is 0.394 e. The molecule has 0 spiro atoms. The third kappa shape index (κ3) is 2.94. The van der Waals surface area contributed by atoms with Crippen LogP contribution in [0.1, 0.15) is 0 Å². The maximum Gasteiger partial charge on any atom is 0.273 e. The van der Waals surface area contributed by atoms with Crippen LogP contribution in [-0.4, -0.2) is 49.5 Å². The minimum atomic E-state index is -0.418. The van der Waals surface area contributed by atoms with Gasteiger partial charge in [0.05, 0.1) is 30.8 Å². The van der Waals surface area contributed by atoms with Crippen LogP contribution in [0.2, 0.25) is 0 Å². The predicted molar refractivity (Wildman–Crippen MR) is 71.7 cm³/mol. The Labute approximate surface area is 110 Å². The second kappa shape index (κ2) is 5.85. The summed E-state index contributed by atoms with van der Waals surface area (Å²) in [6.45, 7) is 1.54. The van der Waals surface area contributed by atoms with Crippen LogP contribution < -0.4 is 10.2 Å². The van der Waals surface area contributed by atoms with Gasteiger partial charge in [0.25, 0.3) is 5.69 Å². The van der Waals surface area contributed by atoms with Crippen LogP contribution in [0.15, 0.2) is 18.2 Å². The van der Waals surface area contributed by atoms with Gasteiger partial charge in [-0.05, 0) is 6.07 Å². The molecule has 1 aliphatic heterocycles. The first-order valence-electron chi connectivity index (χ1n) is 6.08. The van der Waals surface area contributed by atoms with Crippen molar-refractivity contribution in [2.75, 3.05) is 43.6 Å². The van der Waals surface area contributed by atoms with Crippen molar-refractivity contribution in [2.45, 2.75) is 6.04 Å². The lowest BCUT2D eigenvalue weighted by atomic mass is 10.1. The van der Waals surface area contributed by atoms with Gasteiger partial charge in [0.15, 0.2) is 0 Å². The normalized spacial score (nSPS) is 19.3. The zero-order chi connectivity index (χ0) is 13.8. The Kier molecular flexibility index (Phi) is 4.18. The van der Waals surface area contributed by atoms with Crippen LogP contribution in [0.25, 0.3) is 0 Å². The molecule has 1 unspecified atom stereocenters. The van der Waals surface area contributed by atoms with Crippen LogP contribution >= 0.6 is 0 Å². The monoisotopic (exact) mass is 267 g/mol. The number of nitrogens with zero attached hydrogens (tertiary/aromatic N) is 2. The highest BCUT2D eigenvalue weighted by molar-refractivity contribution is 5.64. The van der Waals surface area contributed by atoms with Crippen molar-refractivity contribution in [3.63, 3.8) is 0 Å². The molecule has 1 heterocycles. The molecule has 2 rings (SSSR count). The summed E-state index contributed by atoms with van der Waals surface area (Å²) in [5.41, 5.74) is 1.43. The summed E-state index contributed by atoms with van der Waals surface area (Å²) in [5.74, 6) is 0. The molecule has 0 saturated carbocycles. The molecule has 0 aromatic heterocycles. The number of nitro groups is 1. The minimum Gasteiger partial charge on any atom is -0.394 e. The van der Waals surface area contributed by atoms with Crippen LogP contribution in [0.3, 0.4) is 0 Å². The summed E-state index contributed by atoms with van der Waals surface area (Å²) in [5, 5.41) is 23.2. The van der Waals surface area contributed by atoms with Gasteiger partial charge < -0.3 is 20.1 Å². The van der Waals surface area contributed by atoms with Gasteiger partial charge in [-0.25, -0.2) is 0 Å². The maximum absolute atomic E-state index is 10.9. The van der Waals surface area contributed by atoms with Gasteiger partial charge in [0.2, 0.25) is 0 Å². The average molecular weight is 267 g/mol. The number of morpholine rings is 1. The Morgan fingerprint density at radius 2 is 2.37 bits per heavy atom. The summed E-state index contributed by atoms with van der Waals surface area (Å²) in [6, 6.07) is 4.67. The number of nitrogens with one attached hydrogen (secondary N) is 1. The average Bonchev–Trinajstić information content (AvgIpc) is 2.46. The molecule has 0 radical (unpaired) electrons. The van der Waals surface area contributed by atoms with Crippen LogP contribution in [0.4, 0.5) is 17.1 Å². The SMILES string of the molecule is CNc1cc(N2CCOCC2CO)cc([N+](=O)[O-])c1. The van der Waals surface area contributed by atoms with E-state index in [1.165, 1.54) is 12.1 Å². The molecule has 19 heavy (non-hydrogen) atoms. The van der Waals surface area contributed by atoms with Gasteiger partial charge in [-0.1, -0.05) is 0 Å². The topological polar surface area (TPSA) is 87.9 Å². The first kappa shape index (κ1) is 13.6. The third-order valence-electron chi connectivity index (χ3n) is 3.17. The number of non-ortho nitro benzene ring substituents is 1. The zero-order valence-corrected chi connectivity index (χ0v) is 10.7. The molecule has 1 saturated heterocycles. The van der Waals surface area contributed by atoms with Gasteiger partial charge in [0.1, 0.15) is 0 Å². The minimum absolute atomic E-state index is 0.0324. The van der Waals surface area contributed by atoms with Gasteiger partial charge in [-0.3, -0.25) is 10.1 Å². The second-order valence-corrected chi connectivity index (χ2v) is 4.35. The highest BCUT2D eigenvalue weighted by atomic mass is 16.6. The fraction of sp³-hybridized carbons (Fsp3) is 0.500. The molecular weight excluding hydrogens is 250 g/mol. The first-order chi connectivity index (χ1) is 9.15. The van der Waals surface area contributed by atoms with Crippen molar-refractivity contribution in [1.29, 1.82) is 0 Å². The molecule has 1 aliphatic rings. The van der Waals surface area contributed by atoms with E-state index in [1.807, 2.05) is 11.0 Å². The summed E-state index contributed by atoms with van der Waals surface area (Å²) < 4.78 is 5.31. The zero-order valence-electron chi connectivity index (χ0n) is 10.7. The Bertz CT molecular complexity index is 466. The van der Waals surface area contributed by atoms with Crippen molar-refractivity contribution >= 4 is 17.1 Å². The van der Waals surface area contributed by atoms with Crippen molar-refractivity contribution < 1.29 is 14.8 Å². The van der Waals surface area contributed by atoms with Crippen molar-refractivity contribution in [2.24, 2.45) is 0 Å². The van der Waals surface area contributed by atoms with E-state index in [0.29, 0.717) is 25.4 Å². The van der Waals surface area contributed by atoms with E-state index in [1.54, 1.807) is 7.05 Å². The highest BCUT2D eigenvalue weighted by Crippen LogP contribution is 2.28. The second-order valence-electron chi connectivity index (χ2n) is 4.35. The lowest BCUT2D eigenvalue weighted by molar-refractivity contribution is -0.384. The van der Waals surface area contributed by atoms with Gasteiger partial charge in [-0.15, -0.1) is 0 Å². The molecule has 0 amide bonds. The molecule has 1 aromatic rings. The summed E-state index contributed by atoms with van der Waals surface area (Å²) >= 11 is 0. The van der Waals surface area contributed by atoms with Gasteiger partial charge >= 0.3 is 0 Å². The number of ether oxygens (including phenoxy) is 1. The quantitative estimate of drug-likeness (QED) is 0.620. The molecule has 1 aromatic carbocycles. The Morgan fingerprint density at radius 1 is 1.58 bits per heavy atom. The number of aliphatic hydroxyl groups is 1. The Hall–Kier alpha value is -1.86.